The maximum absolute atomic E-state index is 11.0. The number of anilines is 1. The molecule has 18 heavy (non-hydrogen) atoms. The van der Waals surface area contributed by atoms with Gasteiger partial charge in [-0.05, 0) is 24.0 Å². The van der Waals surface area contributed by atoms with E-state index in [1.54, 1.807) is 0 Å². The highest BCUT2D eigenvalue weighted by molar-refractivity contribution is 6.27. The van der Waals surface area contributed by atoms with Crippen LogP contribution >= 0.6 is 11.6 Å². The van der Waals surface area contributed by atoms with E-state index in [1.165, 1.54) is 11.1 Å². The van der Waals surface area contributed by atoms with Crippen molar-refractivity contribution in [1.29, 1.82) is 0 Å². The van der Waals surface area contributed by atoms with Crippen molar-refractivity contribution in [2.24, 2.45) is 0 Å². The molecule has 1 aromatic carbocycles. The summed E-state index contributed by atoms with van der Waals surface area (Å²) in [6, 6.07) is 6.28. The molecular weight excluding hydrogens is 250 g/mol. The van der Waals surface area contributed by atoms with E-state index in [2.05, 4.69) is 37.4 Å². The summed E-state index contributed by atoms with van der Waals surface area (Å²) in [4.78, 5) is 11.0. The van der Waals surface area contributed by atoms with E-state index in [1.807, 2.05) is 0 Å². The summed E-state index contributed by atoms with van der Waals surface area (Å²) >= 11 is 5.39. The largest absolute Gasteiger partial charge is 0.362 e. The summed E-state index contributed by atoms with van der Waals surface area (Å²) in [7, 11) is 0. The lowest BCUT2D eigenvalue weighted by Gasteiger charge is -2.15. The number of alkyl halides is 1. The van der Waals surface area contributed by atoms with Crippen LogP contribution < -0.4 is 5.32 Å². The second-order valence-corrected chi connectivity index (χ2v) is 4.27. The van der Waals surface area contributed by atoms with Gasteiger partial charge in [-0.15, -0.1) is 11.6 Å². The molecule has 100 valence electrons. The summed E-state index contributed by atoms with van der Waals surface area (Å²) in [5.74, 6) is -0.0934. The highest BCUT2D eigenvalue weighted by atomic mass is 35.5. The van der Waals surface area contributed by atoms with Gasteiger partial charge in [0.2, 0.25) is 0 Å². The third-order valence-electron chi connectivity index (χ3n) is 2.76. The number of hydrogen-bond acceptors (Lipinski definition) is 3. The number of benzene rings is 1. The molecule has 4 heteroatoms. The molecule has 0 aliphatic rings. The molecular formula is C14H20ClNO2. The quantitative estimate of drug-likeness (QED) is 0.448. The topological polar surface area (TPSA) is 38.3 Å². The Kier molecular flexibility index (Phi) is 6.76. The number of aryl methyl sites for hydroxylation is 2. The summed E-state index contributed by atoms with van der Waals surface area (Å²) in [6.45, 7) is 4.63. The average Bonchev–Trinajstić information content (AvgIpc) is 2.42. The van der Waals surface area contributed by atoms with Gasteiger partial charge in [-0.25, -0.2) is 0 Å². The van der Waals surface area contributed by atoms with Crippen molar-refractivity contribution >= 4 is 23.1 Å². The summed E-state index contributed by atoms with van der Waals surface area (Å²) in [6.07, 6.45) is 1.94. The van der Waals surface area contributed by atoms with Gasteiger partial charge in [0.25, 0.3) is 0 Å². The normalized spacial score (nSPS) is 10.4. The second-order valence-electron chi connectivity index (χ2n) is 4.00. The zero-order valence-corrected chi connectivity index (χ0v) is 11.7. The van der Waals surface area contributed by atoms with Gasteiger partial charge < -0.3 is 10.1 Å². The Morgan fingerprint density at radius 2 is 1.89 bits per heavy atom. The third-order valence-corrected chi connectivity index (χ3v) is 3.06. The lowest BCUT2D eigenvalue weighted by Crippen LogP contribution is -2.15. The first kappa shape index (κ1) is 15.0. The molecule has 0 unspecified atom stereocenters. The number of nitrogens with one attached hydrogen (secondary N) is 1. The molecule has 0 saturated carbocycles. The van der Waals surface area contributed by atoms with Gasteiger partial charge in [-0.2, -0.15) is 0 Å². The van der Waals surface area contributed by atoms with Crippen molar-refractivity contribution in [3.05, 3.63) is 29.3 Å². The van der Waals surface area contributed by atoms with Crippen LogP contribution in [0.4, 0.5) is 5.69 Å². The average molecular weight is 270 g/mol. The van der Waals surface area contributed by atoms with Crippen LogP contribution in [-0.2, 0) is 22.4 Å². The van der Waals surface area contributed by atoms with E-state index in [9.17, 15) is 4.79 Å². The van der Waals surface area contributed by atoms with Gasteiger partial charge in [0.15, 0.2) is 5.78 Å². The van der Waals surface area contributed by atoms with Crippen LogP contribution in [0, 0.1) is 0 Å². The van der Waals surface area contributed by atoms with Crippen molar-refractivity contribution < 1.29 is 9.53 Å². The standard InChI is InChI=1S/C14H20ClNO2/c1-3-11-6-5-7-12(4-2)14(11)16-10-18-9-13(17)8-15/h5-7,16H,3-4,8-10H2,1-2H3. The molecule has 1 rings (SSSR count). The molecule has 1 N–H and O–H groups in total. The first-order valence-electron chi connectivity index (χ1n) is 6.22. The van der Waals surface area contributed by atoms with Crippen LogP contribution in [-0.4, -0.2) is 25.0 Å². The maximum Gasteiger partial charge on any atom is 0.173 e. The summed E-state index contributed by atoms with van der Waals surface area (Å²) in [5, 5.41) is 3.25. The lowest BCUT2D eigenvalue weighted by atomic mass is 10.0. The van der Waals surface area contributed by atoms with Gasteiger partial charge in [0.1, 0.15) is 13.3 Å². The number of halogens is 1. The molecule has 0 aromatic heterocycles. The number of ketones is 1. The van der Waals surface area contributed by atoms with Crippen molar-refractivity contribution in [2.75, 3.05) is 24.5 Å². The van der Waals surface area contributed by atoms with Crippen molar-refractivity contribution in [1.82, 2.24) is 0 Å². The second kappa shape index (κ2) is 8.11. The van der Waals surface area contributed by atoms with Crippen LogP contribution in [0.5, 0.6) is 0 Å². The number of carbonyl (C=O) groups excluding carboxylic acids is 1. The first-order valence-corrected chi connectivity index (χ1v) is 6.76. The number of rotatable bonds is 8. The summed E-state index contributed by atoms with van der Waals surface area (Å²) < 4.78 is 5.24. The van der Waals surface area contributed by atoms with Crippen LogP contribution in [0.2, 0.25) is 0 Å². The Bertz CT molecular complexity index is 371. The smallest absolute Gasteiger partial charge is 0.173 e. The Balaban J connectivity index is 2.57. The molecule has 1 aromatic rings. The third kappa shape index (κ3) is 4.31. The minimum absolute atomic E-state index is 0.00571. The fraction of sp³-hybridized carbons (Fsp3) is 0.500. The van der Waals surface area contributed by atoms with E-state index >= 15 is 0 Å². The highest BCUT2D eigenvalue weighted by Crippen LogP contribution is 2.22. The molecule has 0 saturated heterocycles. The zero-order valence-electron chi connectivity index (χ0n) is 11.0. The zero-order chi connectivity index (χ0) is 13.4. The molecule has 0 spiro atoms. The SMILES string of the molecule is CCc1cccc(CC)c1NCOCC(=O)CCl. The summed E-state index contributed by atoms with van der Waals surface area (Å²) in [5.41, 5.74) is 3.66. The Morgan fingerprint density at radius 3 is 2.39 bits per heavy atom. The number of ether oxygens (including phenoxy) is 1. The molecule has 0 atom stereocenters. The fourth-order valence-electron chi connectivity index (χ4n) is 1.80. The Hall–Kier alpha value is -1.06. The maximum atomic E-state index is 11.0. The number of carbonyl (C=O) groups is 1. The monoisotopic (exact) mass is 269 g/mol. The predicted molar refractivity (Wildman–Crippen MR) is 75.4 cm³/mol. The number of para-hydroxylation sites is 1. The highest BCUT2D eigenvalue weighted by Gasteiger charge is 2.05. The molecule has 0 aliphatic heterocycles. The van der Waals surface area contributed by atoms with Gasteiger partial charge in [-0.1, -0.05) is 32.0 Å². The predicted octanol–water partition coefficient (Wildman–Crippen LogP) is 3.01. The molecule has 0 aliphatic carbocycles. The molecule has 0 amide bonds. The van der Waals surface area contributed by atoms with Gasteiger partial charge >= 0.3 is 0 Å². The fourth-order valence-corrected chi connectivity index (χ4v) is 1.87. The molecule has 0 heterocycles. The van der Waals surface area contributed by atoms with Crippen molar-refractivity contribution in [3.63, 3.8) is 0 Å². The van der Waals surface area contributed by atoms with Crippen molar-refractivity contribution in [3.8, 4) is 0 Å². The molecule has 0 fully saturated rings. The van der Waals surface area contributed by atoms with Crippen LogP contribution in [0.3, 0.4) is 0 Å². The van der Waals surface area contributed by atoms with Crippen LogP contribution in [0.25, 0.3) is 0 Å². The van der Waals surface area contributed by atoms with Gasteiger partial charge in [0, 0.05) is 5.69 Å². The van der Waals surface area contributed by atoms with Crippen molar-refractivity contribution in [2.45, 2.75) is 26.7 Å². The minimum Gasteiger partial charge on any atom is -0.362 e. The van der Waals surface area contributed by atoms with E-state index in [0.717, 1.165) is 18.5 Å². The van der Waals surface area contributed by atoms with Crippen LogP contribution in [0.1, 0.15) is 25.0 Å². The lowest BCUT2D eigenvalue weighted by molar-refractivity contribution is -0.120. The van der Waals surface area contributed by atoms with Gasteiger partial charge in [-0.3, -0.25) is 4.79 Å². The van der Waals surface area contributed by atoms with E-state index in [-0.39, 0.29) is 18.3 Å². The Labute approximate surface area is 113 Å². The van der Waals surface area contributed by atoms with E-state index < -0.39 is 0 Å². The van der Waals surface area contributed by atoms with E-state index in [0.29, 0.717) is 6.73 Å². The molecule has 0 radical (unpaired) electrons. The number of hydrogen-bond donors (Lipinski definition) is 1. The molecule has 3 nitrogen and oxygen atoms in total. The van der Waals surface area contributed by atoms with E-state index in [4.69, 9.17) is 16.3 Å². The van der Waals surface area contributed by atoms with Crippen LogP contribution in [0.15, 0.2) is 18.2 Å². The minimum atomic E-state index is -0.0991. The first-order chi connectivity index (χ1) is 8.72. The Morgan fingerprint density at radius 1 is 1.28 bits per heavy atom. The number of Topliss-reactive ketones (excluding diaryl/α,β-unsaturated/α-hetero) is 1. The van der Waals surface area contributed by atoms with Gasteiger partial charge in [0.05, 0.1) is 5.88 Å². The molecule has 0 bridgehead atoms.